The Hall–Kier alpha value is -2.74. The molecule has 1 aliphatic heterocycles. The number of aliphatic hydroxyl groups excluding tert-OH is 1. The van der Waals surface area contributed by atoms with Crippen molar-refractivity contribution in [3.8, 4) is 11.5 Å². The van der Waals surface area contributed by atoms with Gasteiger partial charge in [-0.25, -0.2) is 0 Å². The highest BCUT2D eigenvalue weighted by Gasteiger charge is 2.35. The van der Waals surface area contributed by atoms with E-state index in [9.17, 15) is 23.1 Å². The molecule has 0 saturated carbocycles. The van der Waals surface area contributed by atoms with Gasteiger partial charge in [0.2, 0.25) is 6.10 Å². The summed E-state index contributed by atoms with van der Waals surface area (Å²) < 4.78 is 49.9. The highest BCUT2D eigenvalue weighted by Crippen LogP contribution is 2.34. The van der Waals surface area contributed by atoms with Gasteiger partial charge in [0.05, 0.1) is 11.7 Å². The Bertz CT molecular complexity index is 794. The fraction of sp³-hybridized carbons (Fsp3) is 0.278. The lowest BCUT2D eigenvalue weighted by Crippen LogP contribution is -2.45. The molecule has 1 heterocycles. The number of benzene rings is 2. The van der Waals surface area contributed by atoms with Crippen LogP contribution in [0.1, 0.15) is 17.2 Å². The minimum Gasteiger partial charge on any atom is -0.485 e. The van der Waals surface area contributed by atoms with Crippen LogP contribution in [0.3, 0.4) is 0 Å². The Labute approximate surface area is 147 Å². The number of carbonyl (C=O) groups excluding carboxylic acids is 1. The van der Waals surface area contributed by atoms with Gasteiger partial charge >= 0.3 is 6.18 Å². The van der Waals surface area contributed by atoms with E-state index < -0.39 is 29.9 Å². The first-order chi connectivity index (χ1) is 12.4. The topological polar surface area (TPSA) is 67.8 Å². The lowest BCUT2D eigenvalue weighted by Gasteiger charge is -2.26. The Balaban J connectivity index is 1.62. The number of alkyl halides is 3. The number of hydrogen-bond acceptors (Lipinski definition) is 4. The summed E-state index contributed by atoms with van der Waals surface area (Å²) in [6, 6.07) is 11.5. The predicted molar refractivity (Wildman–Crippen MR) is 85.8 cm³/mol. The van der Waals surface area contributed by atoms with Crippen LogP contribution in [0.25, 0.3) is 0 Å². The van der Waals surface area contributed by atoms with Crippen LogP contribution in [0.4, 0.5) is 13.2 Å². The van der Waals surface area contributed by atoms with E-state index in [1.807, 2.05) is 0 Å². The van der Waals surface area contributed by atoms with Crippen LogP contribution in [-0.2, 0) is 11.0 Å². The molecule has 0 saturated heterocycles. The molecule has 1 amide bonds. The minimum absolute atomic E-state index is 0.0297. The van der Waals surface area contributed by atoms with Crippen molar-refractivity contribution in [3.05, 3.63) is 59.7 Å². The van der Waals surface area contributed by atoms with Gasteiger partial charge in [0, 0.05) is 6.54 Å². The zero-order valence-corrected chi connectivity index (χ0v) is 13.5. The van der Waals surface area contributed by atoms with Crippen molar-refractivity contribution in [2.75, 3.05) is 13.2 Å². The number of amides is 1. The monoisotopic (exact) mass is 367 g/mol. The van der Waals surface area contributed by atoms with Crippen LogP contribution in [0, 0.1) is 0 Å². The predicted octanol–water partition coefficient (Wildman–Crippen LogP) is 2.70. The lowest BCUT2D eigenvalue weighted by molar-refractivity contribution is -0.139. The molecule has 1 aliphatic rings. The van der Waals surface area contributed by atoms with E-state index in [2.05, 4.69) is 5.32 Å². The molecule has 8 heteroatoms. The minimum atomic E-state index is -4.59. The second-order valence-electron chi connectivity index (χ2n) is 5.71. The number of aliphatic hydroxyl groups is 1. The Morgan fingerprint density at radius 3 is 2.54 bits per heavy atom. The molecule has 0 spiro atoms. The van der Waals surface area contributed by atoms with Gasteiger partial charge in [-0.1, -0.05) is 30.3 Å². The molecule has 0 aliphatic carbocycles. The highest BCUT2D eigenvalue weighted by atomic mass is 19.4. The molecule has 0 aromatic heterocycles. The van der Waals surface area contributed by atoms with Gasteiger partial charge in [-0.15, -0.1) is 0 Å². The summed E-state index contributed by atoms with van der Waals surface area (Å²) in [4.78, 5) is 12.2. The fourth-order valence-electron chi connectivity index (χ4n) is 2.62. The van der Waals surface area contributed by atoms with E-state index in [0.29, 0.717) is 11.5 Å². The number of ether oxygens (including phenoxy) is 2. The molecule has 2 N–H and O–H groups in total. The first kappa shape index (κ1) is 18.1. The van der Waals surface area contributed by atoms with Gasteiger partial charge in [-0.3, -0.25) is 4.79 Å². The van der Waals surface area contributed by atoms with Crippen LogP contribution in [0.2, 0.25) is 0 Å². The van der Waals surface area contributed by atoms with Crippen molar-refractivity contribution in [2.24, 2.45) is 0 Å². The molecule has 0 unspecified atom stereocenters. The SMILES string of the molecule is O=C(NC[C@H](O)c1ccccc1C(F)(F)F)[C@@H]1COc2ccccc2O1. The summed E-state index contributed by atoms with van der Waals surface area (Å²) >= 11 is 0. The first-order valence-electron chi connectivity index (χ1n) is 7.86. The Morgan fingerprint density at radius 2 is 1.81 bits per heavy atom. The maximum atomic E-state index is 13.0. The zero-order valence-electron chi connectivity index (χ0n) is 13.5. The smallest absolute Gasteiger partial charge is 0.416 e. The van der Waals surface area contributed by atoms with Gasteiger partial charge in [0.15, 0.2) is 11.5 Å². The van der Waals surface area contributed by atoms with E-state index >= 15 is 0 Å². The summed E-state index contributed by atoms with van der Waals surface area (Å²) in [7, 11) is 0. The van der Waals surface area contributed by atoms with Crippen LogP contribution >= 0.6 is 0 Å². The largest absolute Gasteiger partial charge is 0.485 e. The number of nitrogens with one attached hydrogen (secondary N) is 1. The third-order valence-electron chi connectivity index (χ3n) is 3.90. The van der Waals surface area contributed by atoms with Crippen molar-refractivity contribution in [2.45, 2.75) is 18.4 Å². The van der Waals surface area contributed by atoms with Gasteiger partial charge in [0.1, 0.15) is 6.61 Å². The number of rotatable bonds is 4. The number of para-hydroxylation sites is 2. The third kappa shape index (κ3) is 3.91. The summed E-state index contributed by atoms with van der Waals surface area (Å²) in [5, 5.41) is 12.5. The van der Waals surface area contributed by atoms with Crippen LogP contribution in [-0.4, -0.2) is 30.3 Å². The summed E-state index contributed by atoms with van der Waals surface area (Å²) in [5.74, 6) is 0.334. The maximum Gasteiger partial charge on any atom is 0.416 e. The lowest BCUT2D eigenvalue weighted by atomic mass is 10.0. The van der Waals surface area contributed by atoms with Gasteiger partial charge < -0.3 is 19.9 Å². The van der Waals surface area contributed by atoms with E-state index in [4.69, 9.17) is 9.47 Å². The second kappa shape index (κ2) is 7.25. The molecule has 138 valence electrons. The first-order valence-corrected chi connectivity index (χ1v) is 7.86. The van der Waals surface area contributed by atoms with Crippen molar-refractivity contribution >= 4 is 5.91 Å². The molecule has 0 radical (unpaired) electrons. The number of halogens is 3. The maximum absolute atomic E-state index is 13.0. The molecule has 0 fully saturated rings. The highest BCUT2D eigenvalue weighted by molar-refractivity contribution is 5.81. The van der Waals surface area contributed by atoms with Gasteiger partial charge in [0.25, 0.3) is 5.91 Å². The van der Waals surface area contributed by atoms with E-state index in [1.165, 1.54) is 18.2 Å². The van der Waals surface area contributed by atoms with Gasteiger partial charge in [-0.05, 0) is 23.8 Å². The standard InChI is InChI=1S/C18H16F3NO4/c19-18(20,21)12-6-2-1-5-11(12)13(23)9-22-17(24)16-10-25-14-7-3-4-8-15(14)26-16/h1-8,13,16,23H,9-10H2,(H,22,24)/t13-,16-/m0/s1. The molecule has 2 atom stereocenters. The molecular weight excluding hydrogens is 351 g/mol. The number of carbonyl (C=O) groups is 1. The summed E-state index contributed by atoms with van der Waals surface area (Å²) in [5.41, 5.74) is -1.24. The average molecular weight is 367 g/mol. The zero-order chi connectivity index (χ0) is 18.7. The van der Waals surface area contributed by atoms with Crippen molar-refractivity contribution in [1.82, 2.24) is 5.32 Å². The third-order valence-corrected chi connectivity index (χ3v) is 3.90. The molecular formula is C18H16F3NO4. The normalized spacial score (nSPS) is 17.5. The number of fused-ring (bicyclic) bond motifs is 1. The Morgan fingerprint density at radius 1 is 1.15 bits per heavy atom. The van der Waals surface area contributed by atoms with Crippen LogP contribution in [0.5, 0.6) is 11.5 Å². The molecule has 26 heavy (non-hydrogen) atoms. The second-order valence-corrected chi connectivity index (χ2v) is 5.71. The van der Waals surface area contributed by atoms with E-state index in [-0.39, 0.29) is 18.7 Å². The fourth-order valence-corrected chi connectivity index (χ4v) is 2.62. The summed E-state index contributed by atoms with van der Waals surface area (Å²) in [6.07, 6.45) is -7.05. The van der Waals surface area contributed by atoms with E-state index in [0.717, 1.165) is 6.07 Å². The molecule has 2 aromatic rings. The number of hydrogen-bond donors (Lipinski definition) is 2. The molecule has 0 bridgehead atoms. The Kier molecular flexibility index (Phi) is 5.03. The van der Waals surface area contributed by atoms with Crippen molar-refractivity contribution in [3.63, 3.8) is 0 Å². The molecule has 3 rings (SSSR count). The molecule has 2 aromatic carbocycles. The summed E-state index contributed by atoms with van der Waals surface area (Å²) in [6.45, 7) is -0.411. The quantitative estimate of drug-likeness (QED) is 0.872. The van der Waals surface area contributed by atoms with Crippen LogP contribution < -0.4 is 14.8 Å². The molecule has 5 nitrogen and oxygen atoms in total. The van der Waals surface area contributed by atoms with Gasteiger partial charge in [-0.2, -0.15) is 13.2 Å². The van der Waals surface area contributed by atoms with E-state index in [1.54, 1.807) is 24.3 Å². The van der Waals surface area contributed by atoms with Crippen molar-refractivity contribution in [1.29, 1.82) is 0 Å². The van der Waals surface area contributed by atoms with Crippen molar-refractivity contribution < 1.29 is 32.5 Å². The van der Waals surface area contributed by atoms with Crippen LogP contribution in [0.15, 0.2) is 48.5 Å². The average Bonchev–Trinajstić information content (AvgIpc) is 2.64.